The van der Waals surface area contributed by atoms with E-state index in [1.807, 2.05) is 0 Å². The van der Waals surface area contributed by atoms with Gasteiger partial charge in [0.1, 0.15) is 53.2 Å². The quantitative estimate of drug-likeness (QED) is 0.0129. The number of sulfonamides is 2. The molecule has 4 aromatic carbocycles. The Morgan fingerprint density at radius 2 is 0.765 bits per heavy atom. The van der Waals surface area contributed by atoms with Crippen molar-refractivity contribution >= 4 is 157 Å². The highest BCUT2D eigenvalue weighted by Crippen LogP contribution is 2.29. The Hall–Kier alpha value is -14.5. The summed E-state index contributed by atoms with van der Waals surface area (Å²) < 4.78 is 145. The molecular weight excluding hydrogens is 2040 g/mol. The number of carbonyl (C=O) groups is 14. The summed E-state index contributed by atoms with van der Waals surface area (Å²) in [5.74, 6) is -17.3. The zero-order chi connectivity index (χ0) is 109. The first-order valence-electron chi connectivity index (χ1n) is 46.9. The van der Waals surface area contributed by atoms with Crippen molar-refractivity contribution in [1.82, 2.24) is 116 Å². The molecule has 0 bridgehead atoms. The standard InChI is InChI=1S/C89H123N25O31S4/c1-55-39-63(40-56(2)79(55)148(140,141)107-66(86(130)131)47-100-81(125)59-11-14-70-61(43-59)45-102-113(70)27-7-17-94-88-96-23-24-97-88)144-37-5-9-72(115)90-19-21-92-83(127)68(53-146(134,135)136)105-74(117)16-13-65(104-75(118)49-109-29-31-110(50-76(119)120)33-35-112(52-78(123)124)36-34-111(32-30-109)51-77(121)122)85(129)106-69(54-147(137,138)139)84(128)93-22-20-91-73(116)10-6-38-145-64-41-57(3)80(58(4)42-64)149(142,143)108-67(87(132)133)48-101-82(126)60-12-15-71-62(44-60)46-103-114(71)28-8-18-95-89-98-25-26-99-89/h11-12,14-15,23-26,39-46,65-69,107-108H,5-10,13,16-22,27-38,47-54H2,1-4H3,(H,90,115)(H,91,116)(H,92,127)(H,93,128)(H,100,125)(H,101,126)(H,104,118)(H,105,117)(H,106,129)(H,119,120)(H,121,122)(H,123,124)(H,130,131)(H,132,133)(H2,94,96,97)(H2,95,98,99)(H,134,135,136)(H,137,138,139)/t65-,66-,67?,68-,69-/m0/s1. The highest BCUT2D eigenvalue weighted by molar-refractivity contribution is 7.90. The normalized spacial score (nSPS) is 14.3. The number of imidazole rings is 2. The van der Waals surface area contributed by atoms with Gasteiger partial charge in [-0.1, -0.05) is 0 Å². The maximum absolute atomic E-state index is 14.5. The van der Waals surface area contributed by atoms with E-state index in [4.69, 9.17) is 9.47 Å². The van der Waals surface area contributed by atoms with Crippen LogP contribution in [0.25, 0.3) is 21.8 Å². The minimum absolute atomic E-state index is 0.00241. The van der Waals surface area contributed by atoms with Gasteiger partial charge in [0.05, 0.1) is 72.6 Å². The molecule has 5 heterocycles. The summed E-state index contributed by atoms with van der Waals surface area (Å²) in [5.41, 5.74) is 2.33. The molecule has 1 fully saturated rings. The molecule has 1 unspecified atom stereocenters. The molecule has 0 radical (unpaired) electrons. The van der Waals surface area contributed by atoms with E-state index in [1.54, 1.807) is 70.8 Å². The predicted molar refractivity (Wildman–Crippen MR) is 531 cm³/mol. The van der Waals surface area contributed by atoms with Crippen LogP contribution in [0.3, 0.4) is 0 Å². The van der Waals surface area contributed by atoms with Gasteiger partial charge in [0.15, 0.2) is 11.9 Å². The Balaban J connectivity index is 0.756. The number of rotatable bonds is 61. The van der Waals surface area contributed by atoms with E-state index in [0.29, 0.717) is 61.7 Å². The smallest absolute Gasteiger partial charge is 0.323 e. The Morgan fingerprint density at radius 3 is 1.12 bits per heavy atom. The zero-order valence-corrected chi connectivity index (χ0v) is 85.0. The molecular formula is C89H123N25O31S4. The molecule has 149 heavy (non-hydrogen) atoms. The van der Waals surface area contributed by atoms with E-state index in [2.05, 4.69) is 98.1 Å². The van der Waals surface area contributed by atoms with E-state index < -0.39 is 230 Å². The second-order valence-electron chi connectivity index (χ2n) is 34.7. The minimum atomic E-state index is -5.22. The maximum Gasteiger partial charge on any atom is 0.323 e. The van der Waals surface area contributed by atoms with Crippen molar-refractivity contribution in [1.29, 1.82) is 0 Å². The average Bonchev–Trinajstić information content (AvgIpc) is 1.71. The molecule has 1 aliphatic heterocycles. The number of aryl methyl sites for hydroxylation is 6. The lowest BCUT2D eigenvalue weighted by atomic mass is 10.1. The van der Waals surface area contributed by atoms with Crippen LogP contribution in [0.1, 0.15) is 94.3 Å². The summed E-state index contributed by atoms with van der Waals surface area (Å²) in [6, 6.07) is 4.98. The molecule has 0 saturated carbocycles. The fourth-order valence-corrected chi connectivity index (χ4v) is 20.4. The SMILES string of the molecule is Cc1cc(OCCCC(=O)NCCNC(=O)[C@H](CS(=O)(=O)O)NC(=O)[C@H](CCC(=O)N[C@@H](CS(=O)(=O)O)C(=O)NCCNC(=O)CCCOc2cc(C)c(S(=O)(=O)N[C@@H](CNC(=O)c3ccc4c(cnn4CCCNc4ncc[nH]4)c3)C(=O)O)c(C)c2)NC(=O)CN2CCN(CC(=O)O)CCN(CC(=O)O)CCN(CC(=O)O)CC2)cc(C)c1S(=O)(=O)NC(CNC(=O)c1ccc2c(cnn2CCCNc2ncc[nH]2)c1)C(=O)O. The second-order valence-corrected chi connectivity index (χ2v) is 41.0. The number of carboxylic acids is 5. The molecule has 56 nitrogen and oxygen atoms in total. The molecule has 60 heteroatoms. The van der Waals surface area contributed by atoms with Crippen molar-refractivity contribution in [3.63, 3.8) is 0 Å². The van der Waals surface area contributed by atoms with Gasteiger partial charge in [0, 0.05) is 184 Å². The fraction of sp³-hybridized carbons (Fsp3) is 0.483. The highest BCUT2D eigenvalue weighted by atomic mass is 32.2. The van der Waals surface area contributed by atoms with Gasteiger partial charge in [-0.15, -0.1) is 0 Å². The Kier molecular flexibility index (Phi) is 44.8. The third-order valence-corrected chi connectivity index (χ3v) is 27.9. The summed E-state index contributed by atoms with van der Waals surface area (Å²) in [6.45, 7) is 2.03. The number of fused-ring (bicyclic) bond motifs is 2. The van der Waals surface area contributed by atoms with Crippen molar-refractivity contribution < 1.29 is 145 Å². The molecule has 1 saturated heterocycles. The predicted octanol–water partition coefficient (Wildman–Crippen LogP) is -3.64. The molecule has 0 spiro atoms. The van der Waals surface area contributed by atoms with Gasteiger partial charge in [-0.25, -0.2) is 26.8 Å². The summed E-state index contributed by atoms with van der Waals surface area (Å²) in [6.07, 6.45) is 9.04. The van der Waals surface area contributed by atoms with Gasteiger partial charge in [-0.2, -0.15) is 36.5 Å². The van der Waals surface area contributed by atoms with Gasteiger partial charge in [0.2, 0.25) is 61.4 Å². The van der Waals surface area contributed by atoms with Crippen molar-refractivity contribution in [2.75, 3.05) is 166 Å². The van der Waals surface area contributed by atoms with Crippen LogP contribution in [0, 0.1) is 27.7 Å². The number of aromatic amines is 2. The topological polar surface area (TPSA) is 798 Å². The second kappa shape index (κ2) is 56.6. The largest absolute Gasteiger partial charge is 0.494 e. The van der Waals surface area contributed by atoms with E-state index in [9.17, 15) is 135 Å². The minimum Gasteiger partial charge on any atom is -0.494 e. The third-order valence-electron chi connectivity index (χ3n) is 22.9. The summed E-state index contributed by atoms with van der Waals surface area (Å²) in [5, 5.41) is 86.9. The maximum atomic E-state index is 14.5. The number of hydrogen-bond acceptors (Lipinski definition) is 34. The third kappa shape index (κ3) is 39.9. The zero-order valence-electron chi connectivity index (χ0n) is 81.7. The number of carbonyl (C=O) groups excluding carboxylic acids is 9. The fourth-order valence-electron chi connectivity index (χ4n) is 15.8. The van der Waals surface area contributed by atoms with E-state index in [0.717, 1.165) is 11.0 Å². The van der Waals surface area contributed by atoms with Crippen molar-refractivity contribution in [2.45, 2.75) is 132 Å². The van der Waals surface area contributed by atoms with Crippen LogP contribution in [-0.4, -0.2) is 396 Å². The van der Waals surface area contributed by atoms with E-state index in [-0.39, 0.29) is 159 Å². The van der Waals surface area contributed by atoms with Crippen LogP contribution in [0.2, 0.25) is 0 Å². The lowest BCUT2D eigenvalue weighted by molar-refractivity contribution is -0.140. The highest BCUT2D eigenvalue weighted by Gasteiger charge is 2.36. The van der Waals surface area contributed by atoms with Gasteiger partial charge in [0.25, 0.3) is 32.1 Å². The molecule has 22 N–H and O–H groups in total. The number of nitrogens with zero attached hydrogens (tertiary/aromatic N) is 10. The first-order chi connectivity index (χ1) is 70.5. The Labute approximate surface area is 854 Å². The number of hydrogen-bond donors (Lipinski definition) is 22. The number of benzene rings is 4. The Morgan fingerprint density at radius 1 is 0.403 bits per heavy atom. The molecule has 5 atom stereocenters. The van der Waals surface area contributed by atoms with E-state index >= 15 is 0 Å². The van der Waals surface area contributed by atoms with Gasteiger partial charge < -0.3 is 103 Å². The lowest BCUT2D eigenvalue weighted by Crippen LogP contribution is -2.57. The van der Waals surface area contributed by atoms with Crippen molar-refractivity contribution in [3.05, 3.63) is 131 Å². The van der Waals surface area contributed by atoms with Crippen molar-refractivity contribution in [3.8, 4) is 11.5 Å². The summed E-state index contributed by atoms with van der Waals surface area (Å²) in [7, 11) is -19.5. The van der Waals surface area contributed by atoms with Crippen LogP contribution in [0.4, 0.5) is 11.9 Å². The molecule has 9 rings (SSSR count). The van der Waals surface area contributed by atoms with Crippen LogP contribution in [-0.2, 0) is 111 Å². The first kappa shape index (κ1) is 118. The van der Waals surface area contributed by atoms with Crippen LogP contribution in [0.15, 0.2) is 108 Å². The number of nitrogens with one attached hydrogen (secondary N) is 15. The molecule has 0 aliphatic carbocycles. The summed E-state index contributed by atoms with van der Waals surface area (Å²) in [4.78, 5) is 203. The molecule has 4 aromatic heterocycles. The van der Waals surface area contributed by atoms with Crippen molar-refractivity contribution in [2.24, 2.45) is 0 Å². The Bertz CT molecular complexity index is 6460. The van der Waals surface area contributed by atoms with E-state index in [1.165, 1.54) is 83.7 Å². The monoisotopic (exact) mass is 2170 g/mol. The number of aromatic nitrogens is 8. The number of carboxylic acid groups (broad SMARTS) is 5. The molecule has 9 amide bonds. The number of anilines is 2. The number of amides is 9. The molecule has 8 aromatic rings. The van der Waals surface area contributed by atoms with Crippen LogP contribution in [0.5, 0.6) is 11.5 Å². The number of ether oxygens (including phenoxy) is 2. The van der Waals surface area contributed by atoms with Gasteiger partial charge in [-0.05, 0) is 143 Å². The lowest BCUT2D eigenvalue weighted by Gasteiger charge is -2.33. The van der Waals surface area contributed by atoms with Crippen LogP contribution >= 0.6 is 0 Å². The number of H-pyrrole nitrogens is 2. The summed E-state index contributed by atoms with van der Waals surface area (Å²) >= 11 is 0. The first-order valence-corrected chi connectivity index (χ1v) is 53.1. The van der Waals surface area contributed by atoms with Gasteiger partial charge >= 0.3 is 29.8 Å². The average molecular weight is 2170 g/mol. The molecule has 814 valence electrons. The molecule has 1 aliphatic rings. The number of aliphatic carboxylic acids is 5. The van der Waals surface area contributed by atoms with Gasteiger partial charge in [-0.3, -0.25) is 105 Å². The van der Waals surface area contributed by atoms with Crippen LogP contribution < -0.4 is 77.4 Å².